The summed E-state index contributed by atoms with van der Waals surface area (Å²) in [4.78, 5) is 14.4. The van der Waals surface area contributed by atoms with Gasteiger partial charge in [-0.25, -0.2) is 0 Å². The molecular formula is C16H22BrNO. The first-order valence-corrected chi connectivity index (χ1v) is 8.12. The molecule has 1 unspecified atom stereocenters. The van der Waals surface area contributed by atoms with Crippen molar-refractivity contribution >= 4 is 21.8 Å². The van der Waals surface area contributed by atoms with Crippen molar-refractivity contribution in [2.75, 3.05) is 18.4 Å². The number of nitrogens with zero attached hydrogens (tertiary/aromatic N) is 1. The summed E-state index contributed by atoms with van der Waals surface area (Å²) in [7, 11) is 0. The van der Waals surface area contributed by atoms with Crippen molar-refractivity contribution in [1.29, 1.82) is 0 Å². The quantitative estimate of drug-likeness (QED) is 0.780. The molecule has 0 spiro atoms. The Balaban J connectivity index is 1.98. The third-order valence-corrected chi connectivity index (χ3v) is 4.93. The van der Waals surface area contributed by atoms with Crippen molar-refractivity contribution in [3.05, 3.63) is 34.9 Å². The Bertz CT molecular complexity index is 458. The molecule has 0 radical (unpaired) electrons. The second kappa shape index (κ2) is 6.56. The van der Waals surface area contributed by atoms with Crippen LogP contribution in [-0.2, 0) is 11.2 Å². The fourth-order valence-corrected chi connectivity index (χ4v) is 3.15. The number of likely N-dealkylation sites (tertiary alicyclic amines) is 1. The minimum absolute atomic E-state index is 0.272. The first kappa shape index (κ1) is 14.6. The third kappa shape index (κ3) is 3.82. The first-order valence-electron chi connectivity index (χ1n) is 7.00. The fourth-order valence-electron chi connectivity index (χ4n) is 2.62. The molecule has 1 saturated heterocycles. The second-order valence-electron chi connectivity index (χ2n) is 5.60. The van der Waals surface area contributed by atoms with Gasteiger partial charge in [0.15, 0.2) is 0 Å². The van der Waals surface area contributed by atoms with Crippen LogP contribution in [-0.4, -0.2) is 29.2 Å². The number of hydrogen-bond donors (Lipinski definition) is 0. The standard InChI is InChI=1S/C16H22BrNO/c1-12-5-6-14(8-13(12)2)9-16(19)18-7-3-4-15(10-17)11-18/h5-6,8,15H,3-4,7,9-11H2,1-2H3. The molecule has 0 bridgehead atoms. The third-order valence-electron chi connectivity index (χ3n) is 4.02. The van der Waals surface area contributed by atoms with E-state index in [0.29, 0.717) is 12.3 Å². The monoisotopic (exact) mass is 323 g/mol. The van der Waals surface area contributed by atoms with Crippen LogP contribution in [0.15, 0.2) is 18.2 Å². The van der Waals surface area contributed by atoms with Gasteiger partial charge in [0, 0.05) is 18.4 Å². The topological polar surface area (TPSA) is 20.3 Å². The van der Waals surface area contributed by atoms with Crippen LogP contribution in [0.1, 0.15) is 29.5 Å². The minimum atomic E-state index is 0.272. The van der Waals surface area contributed by atoms with Crippen molar-refractivity contribution < 1.29 is 4.79 Å². The van der Waals surface area contributed by atoms with E-state index in [0.717, 1.165) is 30.4 Å². The summed E-state index contributed by atoms with van der Waals surface area (Å²) in [5.74, 6) is 0.895. The molecule has 19 heavy (non-hydrogen) atoms. The van der Waals surface area contributed by atoms with Gasteiger partial charge in [-0.05, 0) is 49.3 Å². The number of amides is 1. The lowest BCUT2D eigenvalue weighted by atomic mass is 9.99. The minimum Gasteiger partial charge on any atom is -0.342 e. The molecule has 1 aliphatic rings. The molecule has 0 N–H and O–H groups in total. The Labute approximate surface area is 124 Å². The van der Waals surface area contributed by atoms with Gasteiger partial charge in [-0.2, -0.15) is 0 Å². The van der Waals surface area contributed by atoms with E-state index in [1.807, 2.05) is 4.90 Å². The number of aryl methyl sites for hydroxylation is 2. The Morgan fingerprint density at radius 2 is 2.16 bits per heavy atom. The highest BCUT2D eigenvalue weighted by Gasteiger charge is 2.22. The number of benzene rings is 1. The van der Waals surface area contributed by atoms with E-state index in [1.165, 1.54) is 17.5 Å². The molecule has 0 aliphatic carbocycles. The van der Waals surface area contributed by atoms with Crippen LogP contribution in [0.5, 0.6) is 0 Å². The maximum atomic E-state index is 12.3. The zero-order valence-electron chi connectivity index (χ0n) is 11.8. The van der Waals surface area contributed by atoms with Gasteiger partial charge < -0.3 is 4.90 Å². The zero-order chi connectivity index (χ0) is 13.8. The highest BCUT2D eigenvalue weighted by molar-refractivity contribution is 9.09. The molecular weight excluding hydrogens is 302 g/mol. The summed E-state index contributed by atoms with van der Waals surface area (Å²) < 4.78 is 0. The van der Waals surface area contributed by atoms with Crippen molar-refractivity contribution in [3.8, 4) is 0 Å². The summed E-state index contributed by atoms with van der Waals surface area (Å²) in [6, 6.07) is 6.32. The highest BCUT2D eigenvalue weighted by atomic mass is 79.9. The lowest BCUT2D eigenvalue weighted by Crippen LogP contribution is -2.41. The summed E-state index contributed by atoms with van der Waals surface area (Å²) in [6.07, 6.45) is 2.91. The molecule has 1 fully saturated rings. The molecule has 104 valence electrons. The highest BCUT2D eigenvalue weighted by Crippen LogP contribution is 2.19. The van der Waals surface area contributed by atoms with Gasteiger partial charge in [-0.3, -0.25) is 4.79 Å². The smallest absolute Gasteiger partial charge is 0.226 e. The van der Waals surface area contributed by atoms with Crippen LogP contribution in [0.2, 0.25) is 0 Å². The Morgan fingerprint density at radius 1 is 1.37 bits per heavy atom. The zero-order valence-corrected chi connectivity index (χ0v) is 13.4. The van der Waals surface area contributed by atoms with Crippen LogP contribution in [0.3, 0.4) is 0 Å². The molecule has 1 aromatic carbocycles. The average molecular weight is 324 g/mol. The second-order valence-corrected chi connectivity index (χ2v) is 6.25. The van der Waals surface area contributed by atoms with Crippen molar-refractivity contribution in [2.45, 2.75) is 33.1 Å². The molecule has 0 aromatic heterocycles. The van der Waals surface area contributed by atoms with E-state index in [-0.39, 0.29) is 5.91 Å². The van der Waals surface area contributed by atoms with Gasteiger partial charge in [0.25, 0.3) is 0 Å². The summed E-state index contributed by atoms with van der Waals surface area (Å²) in [5, 5.41) is 1.00. The van der Waals surface area contributed by atoms with Gasteiger partial charge in [-0.15, -0.1) is 0 Å². The number of alkyl halides is 1. The largest absolute Gasteiger partial charge is 0.342 e. The van der Waals surface area contributed by atoms with Gasteiger partial charge in [0.05, 0.1) is 6.42 Å². The number of piperidine rings is 1. The first-order chi connectivity index (χ1) is 9.10. The number of carbonyl (C=O) groups is 1. The van der Waals surface area contributed by atoms with Crippen LogP contribution in [0, 0.1) is 19.8 Å². The molecule has 1 aromatic rings. The average Bonchev–Trinajstić information content (AvgIpc) is 2.43. The lowest BCUT2D eigenvalue weighted by molar-refractivity contribution is -0.132. The number of rotatable bonds is 3. The summed E-state index contributed by atoms with van der Waals surface area (Å²) in [6.45, 7) is 6.04. The predicted molar refractivity (Wildman–Crippen MR) is 82.7 cm³/mol. The molecule has 1 atom stereocenters. The van der Waals surface area contributed by atoms with E-state index in [2.05, 4.69) is 48.0 Å². The van der Waals surface area contributed by atoms with E-state index in [4.69, 9.17) is 0 Å². The maximum Gasteiger partial charge on any atom is 0.226 e. The SMILES string of the molecule is Cc1ccc(CC(=O)N2CCCC(CBr)C2)cc1C. The Hall–Kier alpha value is -0.830. The van der Waals surface area contributed by atoms with Crippen LogP contribution in [0.4, 0.5) is 0 Å². The van der Waals surface area contributed by atoms with Crippen molar-refractivity contribution in [1.82, 2.24) is 4.90 Å². The van der Waals surface area contributed by atoms with Gasteiger partial charge in [0.2, 0.25) is 5.91 Å². The van der Waals surface area contributed by atoms with Crippen LogP contribution < -0.4 is 0 Å². The molecule has 2 nitrogen and oxygen atoms in total. The van der Waals surface area contributed by atoms with Gasteiger partial charge in [-0.1, -0.05) is 34.1 Å². The number of hydrogen-bond acceptors (Lipinski definition) is 1. The maximum absolute atomic E-state index is 12.3. The molecule has 1 amide bonds. The Kier molecular flexibility index (Phi) is 5.03. The van der Waals surface area contributed by atoms with E-state index < -0.39 is 0 Å². The van der Waals surface area contributed by atoms with Crippen LogP contribution >= 0.6 is 15.9 Å². The Morgan fingerprint density at radius 3 is 2.84 bits per heavy atom. The van der Waals surface area contributed by atoms with E-state index in [9.17, 15) is 4.79 Å². The molecule has 0 saturated carbocycles. The summed E-state index contributed by atoms with van der Waals surface area (Å²) in [5.41, 5.74) is 3.69. The normalized spacial score (nSPS) is 19.5. The molecule has 1 heterocycles. The van der Waals surface area contributed by atoms with Gasteiger partial charge >= 0.3 is 0 Å². The molecule has 2 rings (SSSR count). The number of carbonyl (C=O) groups excluding carboxylic acids is 1. The van der Waals surface area contributed by atoms with E-state index >= 15 is 0 Å². The number of halogens is 1. The van der Waals surface area contributed by atoms with E-state index in [1.54, 1.807) is 0 Å². The summed E-state index contributed by atoms with van der Waals surface area (Å²) >= 11 is 3.53. The van der Waals surface area contributed by atoms with Gasteiger partial charge in [0.1, 0.15) is 0 Å². The molecule has 3 heteroatoms. The van der Waals surface area contributed by atoms with Crippen molar-refractivity contribution in [3.63, 3.8) is 0 Å². The van der Waals surface area contributed by atoms with Crippen LogP contribution in [0.25, 0.3) is 0 Å². The predicted octanol–water partition coefficient (Wildman–Crippen LogP) is 3.48. The molecule has 1 aliphatic heterocycles. The fraction of sp³-hybridized carbons (Fsp3) is 0.562. The van der Waals surface area contributed by atoms with Crippen molar-refractivity contribution in [2.24, 2.45) is 5.92 Å². The lowest BCUT2D eigenvalue weighted by Gasteiger charge is -2.32.